The first kappa shape index (κ1) is 19.6. The van der Waals surface area contributed by atoms with Gasteiger partial charge >= 0.3 is 6.61 Å². The Hall–Kier alpha value is -3.16. The van der Waals surface area contributed by atoms with E-state index in [0.717, 1.165) is 5.56 Å². The van der Waals surface area contributed by atoms with Crippen LogP contribution in [0.4, 0.5) is 8.78 Å². The van der Waals surface area contributed by atoms with E-state index in [1.54, 1.807) is 24.3 Å². The lowest BCUT2D eigenvalue weighted by Crippen LogP contribution is -2.41. The number of hydrogen-bond donors (Lipinski definition) is 2. The van der Waals surface area contributed by atoms with Crippen LogP contribution in [-0.2, 0) is 9.59 Å². The molecule has 0 saturated heterocycles. The monoisotopic (exact) mass is 390 g/mol. The molecule has 1 atom stereocenters. The van der Waals surface area contributed by atoms with Crippen LogP contribution >= 0.6 is 0 Å². The zero-order valence-electron chi connectivity index (χ0n) is 15.2. The summed E-state index contributed by atoms with van der Waals surface area (Å²) in [5, 5.41) is 2.82. The van der Waals surface area contributed by atoms with Gasteiger partial charge in [0.2, 0.25) is 11.8 Å². The Morgan fingerprint density at radius 2 is 1.50 bits per heavy atom. The molecule has 6 nitrogen and oxygen atoms in total. The van der Waals surface area contributed by atoms with E-state index in [9.17, 15) is 18.4 Å². The van der Waals surface area contributed by atoms with Gasteiger partial charge in [-0.2, -0.15) is 8.78 Å². The average molecular weight is 390 g/mol. The Morgan fingerprint density at radius 3 is 1.96 bits per heavy atom. The van der Waals surface area contributed by atoms with Crippen LogP contribution in [-0.4, -0.2) is 18.4 Å². The van der Waals surface area contributed by atoms with Crippen molar-refractivity contribution in [3.05, 3.63) is 54.1 Å². The second kappa shape index (κ2) is 7.84. The van der Waals surface area contributed by atoms with Crippen LogP contribution in [0.5, 0.6) is 17.2 Å². The fraction of sp³-hybridized carbons (Fsp3) is 0.300. The molecule has 1 aliphatic carbocycles. The largest absolute Gasteiger partial charge is 0.457 e. The second-order valence-electron chi connectivity index (χ2n) is 6.66. The summed E-state index contributed by atoms with van der Waals surface area (Å²) in [5.41, 5.74) is 5.09. The Labute approximate surface area is 160 Å². The molecule has 0 bridgehead atoms. The van der Waals surface area contributed by atoms with Crippen LogP contribution in [0.15, 0.2) is 48.5 Å². The molecule has 2 aromatic rings. The number of alkyl halides is 2. The van der Waals surface area contributed by atoms with E-state index in [0.29, 0.717) is 24.3 Å². The van der Waals surface area contributed by atoms with Gasteiger partial charge in [-0.1, -0.05) is 12.1 Å². The van der Waals surface area contributed by atoms with Crippen LogP contribution in [0.3, 0.4) is 0 Å². The number of halogens is 2. The van der Waals surface area contributed by atoms with Gasteiger partial charge in [0.15, 0.2) is 0 Å². The van der Waals surface area contributed by atoms with Gasteiger partial charge in [-0.15, -0.1) is 0 Å². The predicted octanol–water partition coefficient (Wildman–Crippen LogP) is 3.52. The summed E-state index contributed by atoms with van der Waals surface area (Å²) in [5.74, 6) is 0.116. The highest BCUT2D eigenvalue weighted by atomic mass is 19.3. The van der Waals surface area contributed by atoms with E-state index in [-0.39, 0.29) is 17.7 Å². The molecule has 1 saturated carbocycles. The van der Waals surface area contributed by atoms with E-state index in [1.165, 1.54) is 24.3 Å². The number of rotatable bonds is 8. The standard InChI is InChI=1S/C20H20F2N2O4/c1-12(24-18(26)20(10-11-20)17(23)25)13-2-4-14(5-3-13)27-15-6-8-16(9-7-15)28-19(21)22/h2-9,12,19H,10-11H2,1H3,(H2,23,25)(H,24,26). The molecule has 0 heterocycles. The fourth-order valence-electron chi connectivity index (χ4n) is 2.78. The van der Waals surface area contributed by atoms with E-state index in [1.807, 2.05) is 6.92 Å². The molecule has 1 unspecified atom stereocenters. The van der Waals surface area contributed by atoms with E-state index >= 15 is 0 Å². The van der Waals surface area contributed by atoms with Gasteiger partial charge in [-0.05, 0) is 61.7 Å². The first-order valence-corrected chi connectivity index (χ1v) is 8.74. The Bertz CT molecular complexity index is 850. The van der Waals surface area contributed by atoms with Gasteiger partial charge in [-0.25, -0.2) is 0 Å². The summed E-state index contributed by atoms with van der Waals surface area (Å²) in [6, 6.07) is 12.5. The number of hydrogen-bond acceptors (Lipinski definition) is 4. The van der Waals surface area contributed by atoms with E-state index in [4.69, 9.17) is 10.5 Å². The van der Waals surface area contributed by atoms with Gasteiger partial charge in [0, 0.05) is 0 Å². The average Bonchev–Trinajstić information content (AvgIpc) is 3.46. The van der Waals surface area contributed by atoms with Crippen molar-refractivity contribution in [2.24, 2.45) is 11.1 Å². The smallest absolute Gasteiger partial charge is 0.387 e. The van der Waals surface area contributed by atoms with Crippen LogP contribution in [0.1, 0.15) is 31.4 Å². The highest BCUT2D eigenvalue weighted by molar-refractivity contribution is 6.07. The number of ether oxygens (including phenoxy) is 2. The molecule has 1 aliphatic rings. The minimum atomic E-state index is -2.88. The van der Waals surface area contributed by atoms with Crippen molar-refractivity contribution in [1.29, 1.82) is 0 Å². The summed E-state index contributed by atoms with van der Waals surface area (Å²) < 4.78 is 34.3. The molecule has 0 aliphatic heterocycles. The number of nitrogens with two attached hydrogens (primary N) is 1. The molecule has 0 aromatic heterocycles. The maximum atomic E-state index is 12.3. The first-order chi connectivity index (χ1) is 13.3. The number of carbonyl (C=O) groups excluding carboxylic acids is 2. The Kier molecular flexibility index (Phi) is 5.48. The van der Waals surface area contributed by atoms with Gasteiger partial charge in [0.25, 0.3) is 0 Å². The van der Waals surface area contributed by atoms with Crippen molar-refractivity contribution < 1.29 is 27.8 Å². The first-order valence-electron chi connectivity index (χ1n) is 8.74. The van der Waals surface area contributed by atoms with Crippen LogP contribution < -0.4 is 20.5 Å². The molecule has 2 aromatic carbocycles. The molecule has 3 rings (SSSR count). The summed E-state index contributed by atoms with van der Waals surface area (Å²) in [6.45, 7) is -1.06. The van der Waals surface area contributed by atoms with Gasteiger partial charge in [-0.3, -0.25) is 9.59 Å². The zero-order chi connectivity index (χ0) is 20.3. The Morgan fingerprint density at radius 1 is 1.00 bits per heavy atom. The van der Waals surface area contributed by atoms with Crippen molar-refractivity contribution in [2.45, 2.75) is 32.4 Å². The number of benzene rings is 2. The SMILES string of the molecule is CC(NC(=O)C1(C(N)=O)CC1)c1ccc(Oc2ccc(OC(F)F)cc2)cc1. The topological polar surface area (TPSA) is 90.7 Å². The molecule has 8 heteroatoms. The van der Waals surface area contributed by atoms with Gasteiger partial charge in [0.05, 0.1) is 6.04 Å². The van der Waals surface area contributed by atoms with Crippen molar-refractivity contribution in [3.63, 3.8) is 0 Å². The molecular formula is C20H20F2N2O4. The van der Waals surface area contributed by atoms with Crippen LogP contribution in [0.25, 0.3) is 0 Å². The molecule has 28 heavy (non-hydrogen) atoms. The third-order valence-corrected chi connectivity index (χ3v) is 4.67. The normalized spacial score (nSPS) is 15.6. The molecule has 148 valence electrons. The quantitative estimate of drug-likeness (QED) is 0.675. The summed E-state index contributed by atoms with van der Waals surface area (Å²) in [6.07, 6.45) is 0.962. The molecular weight excluding hydrogens is 370 g/mol. The summed E-state index contributed by atoms with van der Waals surface area (Å²) in [7, 11) is 0. The van der Waals surface area contributed by atoms with E-state index in [2.05, 4.69) is 10.1 Å². The van der Waals surface area contributed by atoms with Gasteiger partial charge in [0.1, 0.15) is 22.7 Å². The third-order valence-electron chi connectivity index (χ3n) is 4.67. The lowest BCUT2D eigenvalue weighted by Gasteiger charge is -2.18. The number of primary amides is 1. The number of nitrogens with one attached hydrogen (secondary N) is 1. The zero-order valence-corrected chi connectivity index (χ0v) is 15.2. The summed E-state index contributed by atoms with van der Waals surface area (Å²) >= 11 is 0. The minimum absolute atomic E-state index is 0.0478. The van der Waals surface area contributed by atoms with E-state index < -0.39 is 17.9 Å². The maximum absolute atomic E-state index is 12.3. The molecule has 0 radical (unpaired) electrons. The second-order valence-corrected chi connectivity index (χ2v) is 6.66. The summed E-state index contributed by atoms with van der Waals surface area (Å²) in [4.78, 5) is 23.7. The predicted molar refractivity (Wildman–Crippen MR) is 97.0 cm³/mol. The van der Waals surface area contributed by atoms with Crippen molar-refractivity contribution >= 4 is 11.8 Å². The molecule has 1 fully saturated rings. The number of amides is 2. The fourth-order valence-corrected chi connectivity index (χ4v) is 2.78. The van der Waals surface area contributed by atoms with Crippen LogP contribution in [0.2, 0.25) is 0 Å². The van der Waals surface area contributed by atoms with Crippen LogP contribution in [0, 0.1) is 5.41 Å². The van der Waals surface area contributed by atoms with Crippen molar-refractivity contribution in [2.75, 3.05) is 0 Å². The highest BCUT2D eigenvalue weighted by Gasteiger charge is 2.55. The lowest BCUT2D eigenvalue weighted by molar-refractivity contribution is -0.135. The maximum Gasteiger partial charge on any atom is 0.387 e. The molecule has 3 N–H and O–H groups in total. The van der Waals surface area contributed by atoms with Crippen molar-refractivity contribution in [1.82, 2.24) is 5.32 Å². The van der Waals surface area contributed by atoms with Gasteiger partial charge < -0.3 is 20.5 Å². The molecule has 0 spiro atoms. The Balaban J connectivity index is 1.58. The van der Waals surface area contributed by atoms with Crippen molar-refractivity contribution in [3.8, 4) is 17.2 Å². The lowest BCUT2D eigenvalue weighted by atomic mass is 10.0. The minimum Gasteiger partial charge on any atom is -0.457 e. The number of carbonyl (C=O) groups is 2. The highest BCUT2D eigenvalue weighted by Crippen LogP contribution is 2.45. The molecule has 2 amide bonds. The third kappa shape index (κ3) is 4.39.